The SMILES string of the molecule is Cc1[nH]c(=O)c(Br)cc1-c1cn2cc(F)ccc2n1. The minimum Gasteiger partial charge on any atom is -0.325 e. The van der Waals surface area contributed by atoms with E-state index < -0.39 is 0 Å². The second-order valence-corrected chi connectivity index (χ2v) is 5.08. The Morgan fingerprint density at radius 3 is 2.95 bits per heavy atom. The molecule has 0 saturated heterocycles. The van der Waals surface area contributed by atoms with Crippen LogP contribution in [0, 0.1) is 12.7 Å². The first kappa shape index (κ1) is 12.1. The third-order valence-corrected chi connectivity index (χ3v) is 3.47. The molecule has 3 aromatic heterocycles. The van der Waals surface area contributed by atoms with E-state index >= 15 is 0 Å². The summed E-state index contributed by atoms with van der Waals surface area (Å²) >= 11 is 3.19. The second-order valence-electron chi connectivity index (χ2n) is 4.22. The number of nitrogens with zero attached hydrogens (tertiary/aromatic N) is 2. The van der Waals surface area contributed by atoms with Crippen molar-refractivity contribution in [1.82, 2.24) is 14.4 Å². The number of H-pyrrole nitrogens is 1. The Hall–Kier alpha value is -1.95. The van der Waals surface area contributed by atoms with Crippen molar-refractivity contribution in [1.29, 1.82) is 0 Å². The third-order valence-electron chi connectivity index (χ3n) is 2.88. The van der Waals surface area contributed by atoms with Gasteiger partial charge < -0.3 is 9.38 Å². The highest BCUT2D eigenvalue weighted by molar-refractivity contribution is 9.10. The molecule has 3 aromatic rings. The zero-order valence-electron chi connectivity index (χ0n) is 9.95. The van der Waals surface area contributed by atoms with E-state index in [0.717, 1.165) is 11.3 Å². The lowest BCUT2D eigenvalue weighted by molar-refractivity contribution is 0.619. The van der Waals surface area contributed by atoms with Gasteiger partial charge in [-0.2, -0.15) is 0 Å². The largest absolute Gasteiger partial charge is 0.325 e. The Morgan fingerprint density at radius 2 is 2.16 bits per heavy atom. The van der Waals surface area contributed by atoms with Crippen molar-refractivity contribution in [2.24, 2.45) is 0 Å². The van der Waals surface area contributed by atoms with Crippen LogP contribution >= 0.6 is 15.9 Å². The van der Waals surface area contributed by atoms with Crippen LogP contribution in [-0.4, -0.2) is 14.4 Å². The van der Waals surface area contributed by atoms with Crippen LogP contribution in [0.3, 0.4) is 0 Å². The van der Waals surface area contributed by atoms with Crippen LogP contribution in [0.2, 0.25) is 0 Å². The Balaban J connectivity index is 2.24. The number of hydrogen-bond donors (Lipinski definition) is 1. The molecule has 3 heterocycles. The van der Waals surface area contributed by atoms with E-state index in [1.54, 1.807) is 29.7 Å². The maximum Gasteiger partial charge on any atom is 0.262 e. The molecule has 1 N–H and O–H groups in total. The molecular formula is C13H9BrFN3O. The summed E-state index contributed by atoms with van der Waals surface area (Å²) in [5, 5.41) is 0. The average molecular weight is 322 g/mol. The van der Waals surface area contributed by atoms with Gasteiger partial charge >= 0.3 is 0 Å². The fraction of sp³-hybridized carbons (Fsp3) is 0.0769. The molecule has 0 radical (unpaired) electrons. The fourth-order valence-corrected chi connectivity index (χ4v) is 2.29. The van der Waals surface area contributed by atoms with Crippen molar-refractivity contribution >= 4 is 21.6 Å². The van der Waals surface area contributed by atoms with E-state index in [1.807, 2.05) is 0 Å². The number of halogens is 2. The van der Waals surface area contributed by atoms with E-state index in [9.17, 15) is 9.18 Å². The molecule has 0 aliphatic heterocycles. The number of aromatic nitrogens is 3. The van der Waals surface area contributed by atoms with Crippen molar-refractivity contribution in [2.75, 3.05) is 0 Å². The highest BCUT2D eigenvalue weighted by atomic mass is 79.9. The molecule has 0 aliphatic rings. The van der Waals surface area contributed by atoms with Gasteiger partial charge in [0.25, 0.3) is 5.56 Å². The van der Waals surface area contributed by atoms with E-state index in [4.69, 9.17) is 0 Å². The van der Waals surface area contributed by atoms with Crippen molar-refractivity contribution in [3.63, 3.8) is 0 Å². The summed E-state index contributed by atoms with van der Waals surface area (Å²) in [5.74, 6) is -0.323. The lowest BCUT2D eigenvalue weighted by atomic mass is 10.1. The van der Waals surface area contributed by atoms with E-state index in [2.05, 4.69) is 25.9 Å². The topological polar surface area (TPSA) is 50.2 Å². The van der Waals surface area contributed by atoms with Gasteiger partial charge in [0, 0.05) is 23.7 Å². The minimum absolute atomic E-state index is 0.184. The fourth-order valence-electron chi connectivity index (χ4n) is 1.96. The Morgan fingerprint density at radius 1 is 1.37 bits per heavy atom. The van der Waals surface area contributed by atoms with E-state index in [-0.39, 0.29) is 11.4 Å². The lowest BCUT2D eigenvalue weighted by Crippen LogP contribution is -2.08. The molecule has 0 fully saturated rings. The number of nitrogens with one attached hydrogen (secondary N) is 1. The van der Waals surface area contributed by atoms with E-state index in [1.165, 1.54) is 12.3 Å². The molecule has 0 aromatic carbocycles. The van der Waals surface area contributed by atoms with Crippen LogP contribution in [0.1, 0.15) is 5.69 Å². The highest BCUT2D eigenvalue weighted by Crippen LogP contribution is 2.23. The molecular weight excluding hydrogens is 313 g/mol. The maximum absolute atomic E-state index is 13.1. The Labute approximate surface area is 116 Å². The van der Waals surface area contributed by atoms with Crippen molar-refractivity contribution in [3.05, 3.63) is 56.9 Å². The van der Waals surface area contributed by atoms with Crippen LogP contribution in [0.5, 0.6) is 0 Å². The zero-order valence-corrected chi connectivity index (χ0v) is 11.5. The minimum atomic E-state index is -0.323. The van der Waals surface area contributed by atoms with Crippen LogP contribution in [0.15, 0.2) is 39.9 Å². The summed E-state index contributed by atoms with van der Waals surface area (Å²) < 4.78 is 15.2. The Kier molecular flexibility index (Phi) is 2.74. The number of rotatable bonds is 1. The number of imidazole rings is 1. The maximum atomic E-state index is 13.1. The monoisotopic (exact) mass is 321 g/mol. The zero-order chi connectivity index (χ0) is 13.6. The molecule has 0 bridgehead atoms. The number of aromatic amines is 1. The second kappa shape index (κ2) is 4.31. The van der Waals surface area contributed by atoms with Crippen LogP contribution in [-0.2, 0) is 0 Å². The van der Waals surface area contributed by atoms with Gasteiger partial charge in [0.05, 0.1) is 10.2 Å². The molecule has 0 aliphatic carbocycles. The van der Waals surface area contributed by atoms with Gasteiger partial charge in [-0.05, 0) is 41.1 Å². The highest BCUT2D eigenvalue weighted by Gasteiger charge is 2.10. The average Bonchev–Trinajstić information content (AvgIpc) is 2.76. The number of hydrogen-bond acceptors (Lipinski definition) is 2. The predicted octanol–water partition coefficient (Wildman–Crippen LogP) is 2.90. The molecule has 19 heavy (non-hydrogen) atoms. The summed E-state index contributed by atoms with van der Waals surface area (Å²) in [4.78, 5) is 18.6. The molecule has 96 valence electrons. The lowest BCUT2D eigenvalue weighted by Gasteiger charge is -2.02. The molecule has 3 rings (SSSR count). The molecule has 4 nitrogen and oxygen atoms in total. The van der Waals surface area contributed by atoms with Gasteiger partial charge in [-0.15, -0.1) is 0 Å². The van der Waals surface area contributed by atoms with Crippen molar-refractivity contribution in [2.45, 2.75) is 6.92 Å². The van der Waals surface area contributed by atoms with Gasteiger partial charge in [0.1, 0.15) is 11.5 Å². The molecule has 0 atom stereocenters. The van der Waals surface area contributed by atoms with Gasteiger partial charge in [-0.1, -0.05) is 0 Å². The molecule has 0 amide bonds. The molecule has 6 heteroatoms. The van der Waals surface area contributed by atoms with Gasteiger partial charge in [-0.25, -0.2) is 9.37 Å². The van der Waals surface area contributed by atoms with Crippen LogP contribution < -0.4 is 5.56 Å². The quantitative estimate of drug-likeness (QED) is 0.749. The third kappa shape index (κ3) is 2.08. The van der Waals surface area contributed by atoms with Crippen LogP contribution in [0.4, 0.5) is 4.39 Å². The normalized spacial score (nSPS) is 11.1. The summed E-state index contributed by atoms with van der Waals surface area (Å²) in [6, 6.07) is 4.68. The summed E-state index contributed by atoms with van der Waals surface area (Å²) in [6.45, 7) is 1.80. The Bertz CT molecular complexity index is 838. The summed E-state index contributed by atoms with van der Waals surface area (Å²) in [7, 11) is 0. The predicted molar refractivity (Wildman–Crippen MR) is 73.6 cm³/mol. The van der Waals surface area contributed by atoms with Crippen molar-refractivity contribution < 1.29 is 4.39 Å². The van der Waals surface area contributed by atoms with Gasteiger partial charge in [0.2, 0.25) is 0 Å². The van der Waals surface area contributed by atoms with Crippen molar-refractivity contribution in [3.8, 4) is 11.3 Å². The molecule has 0 saturated carbocycles. The number of fused-ring (bicyclic) bond motifs is 1. The standard InChI is InChI=1S/C13H9BrFN3O/c1-7-9(4-10(14)13(19)16-7)11-6-18-5-8(15)2-3-12(18)17-11/h2-6H,1H3,(H,16,19). The summed E-state index contributed by atoms with van der Waals surface area (Å²) in [6.07, 6.45) is 3.09. The first-order valence-electron chi connectivity index (χ1n) is 5.58. The van der Waals surface area contributed by atoms with E-state index in [0.29, 0.717) is 15.8 Å². The summed E-state index contributed by atoms with van der Waals surface area (Å²) in [5.41, 5.74) is 2.67. The first-order valence-corrected chi connectivity index (χ1v) is 6.38. The van der Waals surface area contributed by atoms with Gasteiger partial charge in [-0.3, -0.25) is 4.79 Å². The molecule has 0 spiro atoms. The first-order chi connectivity index (χ1) is 9.04. The molecule has 0 unspecified atom stereocenters. The smallest absolute Gasteiger partial charge is 0.262 e. The number of aryl methyl sites for hydroxylation is 1. The number of pyridine rings is 2. The van der Waals surface area contributed by atoms with Gasteiger partial charge in [0.15, 0.2) is 0 Å². The van der Waals surface area contributed by atoms with Crippen LogP contribution in [0.25, 0.3) is 16.9 Å².